The molecule has 27 heavy (non-hydrogen) atoms. The van der Waals surface area contributed by atoms with Crippen LogP contribution in [0.5, 0.6) is 0 Å². The van der Waals surface area contributed by atoms with Gasteiger partial charge in [-0.3, -0.25) is 10.1 Å². The number of nitro groups is 1. The zero-order valence-electron chi connectivity index (χ0n) is 16.1. The zero-order chi connectivity index (χ0) is 19.6. The maximum Gasteiger partial charge on any atom is 0.311 e. The molecule has 0 saturated carbocycles. The molecule has 1 aromatic rings. The van der Waals surface area contributed by atoms with Crippen LogP contribution < -0.4 is 4.90 Å². The molecule has 2 saturated heterocycles. The lowest BCUT2D eigenvalue weighted by atomic mass is 9.94. The lowest BCUT2D eigenvalue weighted by Crippen LogP contribution is -2.45. The molecular weight excluding hydrogens is 366 g/mol. The molecule has 150 valence electrons. The van der Waals surface area contributed by atoms with Crippen molar-refractivity contribution in [3.05, 3.63) is 28.3 Å². The third-order valence-electron chi connectivity index (χ3n) is 5.85. The van der Waals surface area contributed by atoms with Gasteiger partial charge in [-0.2, -0.15) is 0 Å². The largest absolute Gasteiger partial charge is 0.366 e. The zero-order valence-corrected chi connectivity index (χ0v) is 17.0. The van der Waals surface area contributed by atoms with Crippen molar-refractivity contribution in [3.8, 4) is 0 Å². The van der Waals surface area contributed by atoms with Crippen molar-refractivity contribution in [2.45, 2.75) is 50.0 Å². The Balaban J connectivity index is 1.83. The smallest absolute Gasteiger partial charge is 0.311 e. The van der Waals surface area contributed by atoms with E-state index in [4.69, 9.17) is 0 Å². The van der Waals surface area contributed by atoms with Crippen molar-refractivity contribution >= 4 is 21.2 Å². The summed E-state index contributed by atoms with van der Waals surface area (Å²) in [7, 11) is -3.66. The minimum Gasteiger partial charge on any atom is -0.366 e. The molecule has 3 rings (SSSR count). The highest BCUT2D eigenvalue weighted by Gasteiger charge is 2.32. The number of anilines is 1. The second-order valence-electron chi connectivity index (χ2n) is 7.95. The normalized spacial score (nSPS) is 24.7. The topological polar surface area (TPSA) is 83.8 Å². The number of hydrogen-bond acceptors (Lipinski definition) is 6. The quantitative estimate of drug-likeness (QED) is 0.563. The van der Waals surface area contributed by atoms with Gasteiger partial charge in [0.25, 0.3) is 0 Å². The van der Waals surface area contributed by atoms with Crippen molar-refractivity contribution < 1.29 is 13.3 Å². The van der Waals surface area contributed by atoms with Crippen molar-refractivity contribution in [2.75, 3.05) is 37.3 Å². The maximum atomic E-state index is 12.0. The number of para-hydroxylation sites is 1. The van der Waals surface area contributed by atoms with Crippen LogP contribution in [0.25, 0.3) is 0 Å². The van der Waals surface area contributed by atoms with Gasteiger partial charge < -0.3 is 9.80 Å². The Hall–Kier alpha value is -1.67. The van der Waals surface area contributed by atoms with E-state index in [1.807, 2.05) is 4.90 Å². The van der Waals surface area contributed by atoms with E-state index >= 15 is 0 Å². The van der Waals surface area contributed by atoms with E-state index in [1.54, 1.807) is 12.1 Å². The second kappa shape index (κ2) is 8.14. The first-order valence-electron chi connectivity index (χ1n) is 9.74. The summed E-state index contributed by atoms with van der Waals surface area (Å²) in [6.45, 7) is 5.87. The highest BCUT2D eigenvalue weighted by Crippen LogP contribution is 2.37. The monoisotopic (exact) mass is 395 g/mol. The lowest BCUT2D eigenvalue weighted by molar-refractivity contribution is -0.387. The molecule has 2 heterocycles. The van der Waals surface area contributed by atoms with Gasteiger partial charge in [0.1, 0.15) is 10.6 Å². The van der Waals surface area contributed by atoms with E-state index in [2.05, 4.69) is 11.8 Å². The summed E-state index contributed by atoms with van der Waals surface area (Å²) in [5.41, 5.74) is 0.145. The Morgan fingerprint density at radius 2 is 1.96 bits per heavy atom. The average molecular weight is 396 g/mol. The number of piperidine rings is 2. The number of nitrogens with zero attached hydrogens (tertiary/aromatic N) is 3. The van der Waals surface area contributed by atoms with Crippen LogP contribution in [-0.4, -0.2) is 56.7 Å². The molecule has 0 aromatic heterocycles. The third kappa shape index (κ3) is 4.60. The molecule has 2 aliphatic heterocycles. The average Bonchev–Trinajstić information content (AvgIpc) is 2.62. The first kappa shape index (κ1) is 20.1. The Morgan fingerprint density at radius 3 is 2.63 bits per heavy atom. The van der Waals surface area contributed by atoms with Crippen molar-refractivity contribution in [1.82, 2.24) is 4.90 Å². The Morgan fingerprint density at radius 1 is 1.19 bits per heavy atom. The molecular formula is C19H29N3O4S. The summed E-state index contributed by atoms with van der Waals surface area (Å²) >= 11 is 0. The van der Waals surface area contributed by atoms with Gasteiger partial charge in [0.2, 0.25) is 0 Å². The van der Waals surface area contributed by atoms with E-state index in [1.165, 1.54) is 25.3 Å². The molecule has 1 aromatic carbocycles. The summed E-state index contributed by atoms with van der Waals surface area (Å²) in [5, 5.41) is 11.7. The molecule has 8 heteroatoms. The predicted molar refractivity (Wildman–Crippen MR) is 106 cm³/mol. The highest BCUT2D eigenvalue weighted by atomic mass is 32.2. The number of rotatable bonds is 5. The fourth-order valence-corrected chi connectivity index (χ4v) is 5.30. The molecule has 2 aliphatic rings. The lowest BCUT2D eigenvalue weighted by Gasteiger charge is -2.40. The molecule has 2 fully saturated rings. The van der Waals surface area contributed by atoms with Gasteiger partial charge in [0.05, 0.1) is 4.92 Å². The number of nitro benzene ring substituents is 1. The molecule has 7 nitrogen and oxygen atoms in total. The minimum atomic E-state index is -3.66. The molecule has 0 amide bonds. The van der Waals surface area contributed by atoms with E-state index < -0.39 is 14.8 Å². The molecule has 0 bridgehead atoms. The van der Waals surface area contributed by atoms with Crippen LogP contribution in [0.1, 0.15) is 39.0 Å². The second-order valence-corrected chi connectivity index (χ2v) is 9.93. The van der Waals surface area contributed by atoms with Gasteiger partial charge in [-0.1, -0.05) is 12.5 Å². The Bertz CT molecular complexity index is 796. The van der Waals surface area contributed by atoms with Crippen LogP contribution in [0, 0.1) is 16.0 Å². The van der Waals surface area contributed by atoms with Gasteiger partial charge >= 0.3 is 5.69 Å². The van der Waals surface area contributed by atoms with E-state index in [9.17, 15) is 18.5 Å². The van der Waals surface area contributed by atoms with Crippen molar-refractivity contribution in [3.63, 3.8) is 0 Å². The van der Waals surface area contributed by atoms with Crippen LogP contribution in [-0.2, 0) is 9.84 Å². The van der Waals surface area contributed by atoms with Gasteiger partial charge in [0.15, 0.2) is 9.84 Å². The Kier molecular flexibility index (Phi) is 6.05. The molecule has 0 N–H and O–H groups in total. The summed E-state index contributed by atoms with van der Waals surface area (Å²) in [4.78, 5) is 15.5. The summed E-state index contributed by atoms with van der Waals surface area (Å²) in [6, 6.07) is 5.21. The fraction of sp³-hybridized carbons (Fsp3) is 0.684. The van der Waals surface area contributed by atoms with Gasteiger partial charge in [0, 0.05) is 31.9 Å². The molecule has 0 spiro atoms. The van der Waals surface area contributed by atoms with Crippen LogP contribution in [0.4, 0.5) is 11.4 Å². The Labute approximate surface area is 161 Å². The van der Waals surface area contributed by atoms with Gasteiger partial charge in [-0.15, -0.1) is 0 Å². The van der Waals surface area contributed by atoms with Crippen LogP contribution >= 0.6 is 0 Å². The molecule has 0 radical (unpaired) electrons. The minimum absolute atomic E-state index is 0.197. The number of likely N-dealkylation sites (tertiary alicyclic amines) is 1. The van der Waals surface area contributed by atoms with Gasteiger partial charge in [-0.05, 0) is 57.2 Å². The van der Waals surface area contributed by atoms with E-state index in [-0.39, 0.29) is 10.6 Å². The highest BCUT2D eigenvalue weighted by molar-refractivity contribution is 7.90. The standard InChI is InChI=1S/C19H29N3O4S/c1-15-7-3-4-11-20(15)13-16-8-6-12-21(14-16)17-9-5-10-18(27(2,25)26)19(17)22(23)24/h5,9-10,15-16H,3-4,6-8,11-14H2,1-2H3. The first-order valence-corrected chi connectivity index (χ1v) is 11.6. The number of hydrogen-bond donors (Lipinski definition) is 0. The van der Waals surface area contributed by atoms with Crippen molar-refractivity contribution in [2.24, 2.45) is 5.92 Å². The van der Waals surface area contributed by atoms with E-state index in [0.29, 0.717) is 17.6 Å². The van der Waals surface area contributed by atoms with E-state index in [0.717, 1.165) is 45.3 Å². The number of sulfone groups is 1. The SMILES string of the molecule is CC1CCCCN1CC1CCCN(c2cccc(S(C)(=O)=O)c2[N+](=O)[O-])C1. The van der Waals surface area contributed by atoms with Crippen molar-refractivity contribution in [1.29, 1.82) is 0 Å². The molecule has 2 atom stereocenters. The summed E-state index contributed by atoms with van der Waals surface area (Å²) in [5.74, 6) is 0.445. The number of benzene rings is 1. The molecule has 0 aliphatic carbocycles. The van der Waals surface area contributed by atoms with Gasteiger partial charge in [-0.25, -0.2) is 8.42 Å². The van der Waals surface area contributed by atoms with Crippen LogP contribution in [0.2, 0.25) is 0 Å². The maximum absolute atomic E-state index is 12.0. The van der Waals surface area contributed by atoms with Crippen LogP contribution in [0.3, 0.4) is 0 Å². The summed E-state index contributed by atoms with van der Waals surface area (Å²) < 4.78 is 24.1. The fourth-order valence-electron chi connectivity index (χ4n) is 4.44. The first-order chi connectivity index (χ1) is 12.8. The summed E-state index contributed by atoms with van der Waals surface area (Å²) in [6.07, 6.45) is 6.86. The predicted octanol–water partition coefficient (Wildman–Crippen LogP) is 3.09. The van der Waals surface area contributed by atoms with Crippen LogP contribution in [0.15, 0.2) is 23.1 Å². The molecule has 2 unspecified atom stereocenters. The third-order valence-corrected chi connectivity index (χ3v) is 6.98.